The lowest BCUT2D eigenvalue weighted by molar-refractivity contribution is -0.0704. The Balaban J connectivity index is 1.59. The summed E-state index contributed by atoms with van der Waals surface area (Å²) in [5.74, 6) is -0.442. The van der Waals surface area contributed by atoms with Gasteiger partial charge in [0.05, 0.1) is 25.4 Å². The minimum atomic E-state index is -0.442. The van der Waals surface area contributed by atoms with E-state index in [9.17, 15) is 9.18 Å². The number of hydrogen-bond acceptors (Lipinski definition) is 4. The minimum Gasteiger partial charge on any atom is -0.494 e. The molecular formula is C23H29FN2O3. The average Bonchev–Trinajstić information content (AvgIpc) is 2.67. The van der Waals surface area contributed by atoms with Crippen LogP contribution in [0, 0.1) is 5.82 Å². The fourth-order valence-corrected chi connectivity index (χ4v) is 3.75. The molecule has 29 heavy (non-hydrogen) atoms. The monoisotopic (exact) mass is 400 g/mol. The molecule has 1 heterocycles. The van der Waals surface area contributed by atoms with Crippen molar-refractivity contribution in [2.24, 2.45) is 0 Å². The Labute approximate surface area is 171 Å². The molecule has 3 rings (SSSR count). The van der Waals surface area contributed by atoms with Crippen molar-refractivity contribution < 1.29 is 18.7 Å². The zero-order chi connectivity index (χ0) is 21.0. The maximum absolute atomic E-state index is 13.9. The van der Waals surface area contributed by atoms with Crippen molar-refractivity contribution >= 4 is 5.91 Å². The van der Waals surface area contributed by atoms with E-state index in [1.54, 1.807) is 12.1 Å². The first-order valence-electron chi connectivity index (χ1n) is 9.96. The molecule has 0 aromatic heterocycles. The fraction of sp³-hybridized carbons (Fsp3) is 0.435. The largest absolute Gasteiger partial charge is 0.494 e. The molecule has 5 nitrogen and oxygen atoms in total. The molecule has 1 amide bonds. The molecule has 0 aliphatic carbocycles. The number of amides is 1. The topological polar surface area (TPSA) is 50.8 Å². The Kier molecular flexibility index (Phi) is 6.87. The van der Waals surface area contributed by atoms with Crippen LogP contribution in [0.5, 0.6) is 5.75 Å². The van der Waals surface area contributed by atoms with Crippen molar-refractivity contribution in [1.29, 1.82) is 0 Å². The molecule has 6 heteroatoms. The van der Waals surface area contributed by atoms with Crippen molar-refractivity contribution in [3.63, 3.8) is 0 Å². The second kappa shape index (κ2) is 9.37. The van der Waals surface area contributed by atoms with Gasteiger partial charge in [-0.15, -0.1) is 0 Å². The number of nitrogens with one attached hydrogen (secondary N) is 1. The smallest absolute Gasteiger partial charge is 0.251 e. The first-order valence-corrected chi connectivity index (χ1v) is 9.96. The molecule has 0 bridgehead atoms. The average molecular weight is 400 g/mol. The van der Waals surface area contributed by atoms with Gasteiger partial charge < -0.3 is 14.8 Å². The summed E-state index contributed by atoms with van der Waals surface area (Å²) in [5.41, 5.74) is 2.43. The van der Waals surface area contributed by atoms with E-state index in [1.807, 2.05) is 31.2 Å². The number of halogens is 1. The van der Waals surface area contributed by atoms with Crippen LogP contribution in [0.3, 0.4) is 0 Å². The van der Waals surface area contributed by atoms with Gasteiger partial charge in [0.2, 0.25) is 0 Å². The third kappa shape index (κ3) is 5.55. The van der Waals surface area contributed by atoms with Crippen LogP contribution >= 0.6 is 0 Å². The van der Waals surface area contributed by atoms with E-state index in [0.29, 0.717) is 11.1 Å². The molecule has 1 saturated heterocycles. The summed E-state index contributed by atoms with van der Waals surface area (Å²) in [5, 5.41) is 2.92. The number of nitrogens with zero attached hydrogens (tertiary/aromatic N) is 1. The number of carbonyl (C=O) groups is 1. The molecular weight excluding hydrogens is 371 g/mol. The van der Waals surface area contributed by atoms with E-state index in [2.05, 4.69) is 24.1 Å². The van der Waals surface area contributed by atoms with Crippen molar-refractivity contribution in [1.82, 2.24) is 10.2 Å². The summed E-state index contributed by atoms with van der Waals surface area (Å²) in [7, 11) is 1.42. The SMILES string of the molecule is COc1ccc([C@@H](C)NC(=O)c2ccc(CN3C[C@@H](C)O[C@@H](C)C3)cc2)cc1F. The molecule has 2 aromatic rings. The highest BCUT2D eigenvalue weighted by molar-refractivity contribution is 5.94. The molecule has 156 valence electrons. The zero-order valence-electron chi connectivity index (χ0n) is 17.4. The highest BCUT2D eigenvalue weighted by Crippen LogP contribution is 2.22. The highest BCUT2D eigenvalue weighted by atomic mass is 19.1. The van der Waals surface area contributed by atoms with Gasteiger partial charge >= 0.3 is 0 Å². The van der Waals surface area contributed by atoms with Crippen LogP contribution in [0.4, 0.5) is 4.39 Å². The molecule has 2 aromatic carbocycles. The predicted octanol–water partition coefficient (Wildman–Crippen LogP) is 3.93. The Bertz CT molecular complexity index is 831. The Morgan fingerprint density at radius 2 is 1.86 bits per heavy atom. The first-order chi connectivity index (χ1) is 13.9. The molecule has 3 atom stereocenters. The first kappa shape index (κ1) is 21.3. The molecule has 1 N–H and O–H groups in total. The van der Waals surface area contributed by atoms with E-state index in [0.717, 1.165) is 25.2 Å². The second-order valence-electron chi connectivity index (χ2n) is 7.74. The van der Waals surface area contributed by atoms with Gasteiger partial charge in [0.1, 0.15) is 0 Å². The summed E-state index contributed by atoms with van der Waals surface area (Å²) in [6.45, 7) is 8.65. The maximum Gasteiger partial charge on any atom is 0.251 e. The lowest BCUT2D eigenvalue weighted by atomic mass is 10.1. The van der Waals surface area contributed by atoms with Gasteiger partial charge in [-0.2, -0.15) is 0 Å². The maximum atomic E-state index is 13.9. The van der Waals surface area contributed by atoms with Crippen LogP contribution in [0.1, 0.15) is 48.3 Å². The molecule has 0 radical (unpaired) electrons. The third-order valence-electron chi connectivity index (χ3n) is 5.14. The lowest BCUT2D eigenvalue weighted by Gasteiger charge is -2.35. The highest BCUT2D eigenvalue weighted by Gasteiger charge is 2.22. The molecule has 0 saturated carbocycles. The van der Waals surface area contributed by atoms with E-state index >= 15 is 0 Å². The van der Waals surface area contributed by atoms with Crippen LogP contribution in [0.15, 0.2) is 42.5 Å². The predicted molar refractivity (Wildman–Crippen MR) is 111 cm³/mol. The molecule has 1 fully saturated rings. The second-order valence-corrected chi connectivity index (χ2v) is 7.74. The molecule has 1 aliphatic rings. The van der Waals surface area contributed by atoms with Crippen molar-refractivity contribution in [3.8, 4) is 5.75 Å². The molecule has 1 aliphatic heterocycles. The number of ether oxygens (including phenoxy) is 2. The Morgan fingerprint density at radius 1 is 1.21 bits per heavy atom. The number of morpholine rings is 1. The molecule has 0 spiro atoms. The van der Waals surface area contributed by atoms with Crippen molar-refractivity contribution in [2.75, 3.05) is 20.2 Å². The van der Waals surface area contributed by atoms with Gasteiger partial charge in [0, 0.05) is 25.2 Å². The van der Waals surface area contributed by atoms with Crippen LogP contribution in [0.25, 0.3) is 0 Å². The van der Waals surface area contributed by atoms with Crippen LogP contribution in [-0.4, -0.2) is 43.2 Å². The van der Waals surface area contributed by atoms with Gasteiger partial charge in [-0.1, -0.05) is 18.2 Å². The van der Waals surface area contributed by atoms with Crippen molar-refractivity contribution in [3.05, 3.63) is 65.0 Å². The van der Waals surface area contributed by atoms with Gasteiger partial charge in [-0.3, -0.25) is 9.69 Å². The number of rotatable bonds is 6. The summed E-state index contributed by atoms with van der Waals surface area (Å²) in [4.78, 5) is 14.9. The van der Waals surface area contributed by atoms with E-state index in [1.165, 1.54) is 13.2 Å². The number of methoxy groups -OCH3 is 1. The standard InChI is InChI=1S/C23H29FN2O3/c1-15-12-26(13-16(2)29-15)14-18-5-7-19(8-6-18)23(27)25-17(3)20-9-10-22(28-4)21(24)11-20/h5-11,15-17H,12-14H2,1-4H3,(H,25,27)/t15-,16+,17-/m1/s1. The third-order valence-corrected chi connectivity index (χ3v) is 5.14. The van der Waals surface area contributed by atoms with Gasteiger partial charge in [-0.05, 0) is 56.2 Å². The van der Waals surface area contributed by atoms with Crippen LogP contribution in [-0.2, 0) is 11.3 Å². The number of hydrogen-bond donors (Lipinski definition) is 1. The number of benzene rings is 2. The van der Waals surface area contributed by atoms with E-state index in [-0.39, 0.29) is 29.9 Å². The summed E-state index contributed by atoms with van der Waals surface area (Å²) < 4.78 is 24.6. The van der Waals surface area contributed by atoms with Gasteiger partial charge in [0.15, 0.2) is 11.6 Å². The van der Waals surface area contributed by atoms with Crippen LogP contribution < -0.4 is 10.1 Å². The van der Waals surface area contributed by atoms with E-state index in [4.69, 9.17) is 9.47 Å². The summed E-state index contributed by atoms with van der Waals surface area (Å²) >= 11 is 0. The minimum absolute atomic E-state index is 0.186. The lowest BCUT2D eigenvalue weighted by Crippen LogP contribution is -2.44. The Morgan fingerprint density at radius 3 is 2.45 bits per heavy atom. The zero-order valence-corrected chi connectivity index (χ0v) is 17.4. The summed E-state index contributed by atoms with van der Waals surface area (Å²) in [6, 6.07) is 12.0. The van der Waals surface area contributed by atoms with E-state index < -0.39 is 5.82 Å². The van der Waals surface area contributed by atoms with Gasteiger partial charge in [0.25, 0.3) is 5.91 Å². The van der Waals surface area contributed by atoms with Crippen molar-refractivity contribution in [2.45, 2.75) is 45.6 Å². The fourth-order valence-electron chi connectivity index (χ4n) is 3.75. The number of carbonyl (C=O) groups excluding carboxylic acids is 1. The normalized spacial score (nSPS) is 20.9. The summed E-state index contributed by atoms with van der Waals surface area (Å²) in [6.07, 6.45) is 0.459. The quantitative estimate of drug-likeness (QED) is 0.798. The molecule has 0 unspecified atom stereocenters. The van der Waals surface area contributed by atoms with Gasteiger partial charge in [-0.25, -0.2) is 4.39 Å². The Hall–Kier alpha value is -2.44. The van der Waals surface area contributed by atoms with Crippen LogP contribution in [0.2, 0.25) is 0 Å².